The number of carboxylic acids is 1. The number of aliphatic carboxylic acids is 1. The molecule has 1 rings (SSSR count). The van der Waals surface area contributed by atoms with Crippen LogP contribution in [0.2, 0.25) is 0 Å². The summed E-state index contributed by atoms with van der Waals surface area (Å²) in [5.74, 6) is 0.0399. The predicted molar refractivity (Wildman–Crippen MR) is 58.2 cm³/mol. The first kappa shape index (κ1) is 10.3. The quantitative estimate of drug-likeness (QED) is 0.783. The Hall–Kier alpha value is -0.740. The van der Waals surface area contributed by atoms with E-state index < -0.39 is 5.97 Å². The van der Waals surface area contributed by atoms with Crippen LogP contribution >= 0.6 is 23.1 Å². The number of hydrogen-bond donors (Lipinski definition) is 1. The van der Waals surface area contributed by atoms with Crippen molar-refractivity contribution in [3.63, 3.8) is 0 Å². The van der Waals surface area contributed by atoms with Gasteiger partial charge in [-0.25, -0.2) is 4.79 Å². The fraction of sp³-hybridized carbons (Fsp3) is 0.222. The van der Waals surface area contributed by atoms with Crippen molar-refractivity contribution in [1.29, 1.82) is 0 Å². The standard InChI is InChI=1S/C9H10O2S2/c1-12-6-8-7(4-5-13-8)2-3-9(10)11/h2-5H,6H2,1H3,(H,10,11). The number of carboxylic acid groups (broad SMARTS) is 1. The summed E-state index contributed by atoms with van der Waals surface area (Å²) in [7, 11) is 0. The first-order valence-corrected chi connectivity index (χ1v) is 5.97. The fourth-order valence-electron chi connectivity index (χ4n) is 0.908. The maximum Gasteiger partial charge on any atom is 0.328 e. The van der Waals surface area contributed by atoms with Crippen molar-refractivity contribution < 1.29 is 9.90 Å². The molecule has 0 saturated carbocycles. The van der Waals surface area contributed by atoms with Crippen LogP contribution in [0.3, 0.4) is 0 Å². The van der Waals surface area contributed by atoms with Crippen molar-refractivity contribution in [2.75, 3.05) is 6.26 Å². The molecule has 0 amide bonds. The van der Waals surface area contributed by atoms with Gasteiger partial charge in [0.2, 0.25) is 0 Å². The summed E-state index contributed by atoms with van der Waals surface area (Å²) in [4.78, 5) is 11.5. The van der Waals surface area contributed by atoms with E-state index in [4.69, 9.17) is 5.11 Å². The lowest BCUT2D eigenvalue weighted by atomic mass is 10.2. The van der Waals surface area contributed by atoms with Crippen molar-refractivity contribution in [3.8, 4) is 0 Å². The van der Waals surface area contributed by atoms with Gasteiger partial charge in [0.15, 0.2) is 0 Å². The summed E-state index contributed by atoms with van der Waals surface area (Å²) in [6, 6.07) is 1.94. The Morgan fingerprint density at radius 2 is 2.54 bits per heavy atom. The molecule has 0 fully saturated rings. The molecule has 1 aromatic heterocycles. The molecule has 13 heavy (non-hydrogen) atoms. The Morgan fingerprint density at radius 3 is 3.15 bits per heavy atom. The molecule has 0 saturated heterocycles. The van der Waals surface area contributed by atoms with Crippen LogP contribution < -0.4 is 0 Å². The van der Waals surface area contributed by atoms with Crippen LogP contribution in [0.25, 0.3) is 6.08 Å². The Balaban J connectivity index is 2.75. The van der Waals surface area contributed by atoms with Gasteiger partial charge in [0.25, 0.3) is 0 Å². The monoisotopic (exact) mass is 214 g/mol. The molecule has 0 atom stereocenters. The number of carbonyl (C=O) groups is 1. The van der Waals surface area contributed by atoms with Gasteiger partial charge >= 0.3 is 5.97 Å². The molecule has 2 nitrogen and oxygen atoms in total. The minimum absolute atomic E-state index is 0.902. The lowest BCUT2D eigenvalue weighted by Crippen LogP contribution is -1.86. The fourth-order valence-corrected chi connectivity index (χ4v) is 2.61. The molecule has 0 unspecified atom stereocenters. The predicted octanol–water partition coefficient (Wildman–Crippen LogP) is 2.71. The van der Waals surface area contributed by atoms with Gasteiger partial charge < -0.3 is 5.11 Å². The van der Waals surface area contributed by atoms with Crippen LogP contribution in [0, 0.1) is 0 Å². The molecule has 1 N–H and O–H groups in total. The smallest absolute Gasteiger partial charge is 0.328 e. The summed E-state index contributed by atoms with van der Waals surface area (Å²) in [5, 5.41) is 10.4. The normalized spacial score (nSPS) is 10.8. The van der Waals surface area contributed by atoms with Gasteiger partial charge in [-0.1, -0.05) is 0 Å². The molecule has 4 heteroatoms. The summed E-state index contributed by atoms with van der Waals surface area (Å²) in [6.07, 6.45) is 4.85. The van der Waals surface area contributed by atoms with Gasteiger partial charge in [0.1, 0.15) is 0 Å². The minimum atomic E-state index is -0.902. The Bertz CT molecular complexity index is 315. The van der Waals surface area contributed by atoms with Crippen LogP contribution in [0.15, 0.2) is 17.5 Å². The molecular weight excluding hydrogens is 204 g/mol. The van der Waals surface area contributed by atoms with Gasteiger partial charge in [-0.3, -0.25) is 0 Å². The van der Waals surface area contributed by atoms with Crippen LogP contribution in [0.1, 0.15) is 10.4 Å². The molecule has 0 aliphatic heterocycles. The Labute approximate surface area is 85.3 Å². The highest BCUT2D eigenvalue weighted by atomic mass is 32.2. The van der Waals surface area contributed by atoms with Gasteiger partial charge in [0, 0.05) is 16.7 Å². The van der Waals surface area contributed by atoms with Crippen molar-refractivity contribution in [1.82, 2.24) is 0 Å². The number of rotatable bonds is 4. The highest BCUT2D eigenvalue weighted by molar-refractivity contribution is 7.97. The molecule has 1 aromatic rings. The molecule has 0 bridgehead atoms. The van der Waals surface area contributed by atoms with Crippen molar-refractivity contribution in [3.05, 3.63) is 28.0 Å². The second kappa shape index (κ2) is 5.09. The number of hydrogen-bond acceptors (Lipinski definition) is 3. The molecule has 70 valence electrons. The second-order valence-corrected chi connectivity index (χ2v) is 4.27. The maximum absolute atomic E-state index is 10.3. The largest absolute Gasteiger partial charge is 0.478 e. The van der Waals surface area contributed by atoms with E-state index in [1.165, 1.54) is 11.0 Å². The first-order valence-electron chi connectivity index (χ1n) is 3.70. The molecular formula is C9H10O2S2. The van der Waals surface area contributed by atoms with E-state index in [0.29, 0.717) is 0 Å². The lowest BCUT2D eigenvalue weighted by Gasteiger charge is -1.94. The third-order valence-corrected chi connectivity index (χ3v) is 3.16. The lowest BCUT2D eigenvalue weighted by molar-refractivity contribution is -0.131. The van der Waals surface area contributed by atoms with E-state index in [-0.39, 0.29) is 0 Å². The minimum Gasteiger partial charge on any atom is -0.478 e. The van der Waals surface area contributed by atoms with E-state index in [2.05, 4.69) is 0 Å². The van der Waals surface area contributed by atoms with E-state index >= 15 is 0 Å². The average Bonchev–Trinajstić information content (AvgIpc) is 2.49. The third-order valence-electron chi connectivity index (χ3n) is 1.46. The summed E-state index contributed by atoms with van der Waals surface area (Å²) < 4.78 is 0. The average molecular weight is 214 g/mol. The van der Waals surface area contributed by atoms with Gasteiger partial charge in [-0.05, 0) is 29.3 Å². The van der Waals surface area contributed by atoms with Crippen molar-refractivity contribution in [2.45, 2.75) is 5.75 Å². The zero-order chi connectivity index (χ0) is 9.68. The van der Waals surface area contributed by atoms with Crippen LogP contribution in [-0.2, 0) is 10.5 Å². The van der Waals surface area contributed by atoms with Crippen LogP contribution in [0.4, 0.5) is 0 Å². The third kappa shape index (κ3) is 3.24. The highest BCUT2D eigenvalue weighted by Gasteiger charge is 2.00. The molecule has 0 aromatic carbocycles. The second-order valence-electron chi connectivity index (χ2n) is 2.40. The van der Waals surface area contributed by atoms with Gasteiger partial charge in [-0.2, -0.15) is 11.8 Å². The maximum atomic E-state index is 10.3. The molecule has 0 radical (unpaired) electrons. The van der Waals surface area contributed by atoms with Gasteiger partial charge in [-0.15, -0.1) is 11.3 Å². The SMILES string of the molecule is CSCc1sccc1C=CC(=O)O. The van der Waals surface area contributed by atoms with E-state index in [1.54, 1.807) is 29.2 Å². The topological polar surface area (TPSA) is 37.3 Å². The highest BCUT2D eigenvalue weighted by Crippen LogP contribution is 2.22. The van der Waals surface area contributed by atoms with Gasteiger partial charge in [0.05, 0.1) is 0 Å². The zero-order valence-electron chi connectivity index (χ0n) is 7.19. The van der Waals surface area contributed by atoms with Crippen LogP contribution in [-0.4, -0.2) is 17.3 Å². The van der Waals surface area contributed by atoms with E-state index in [1.807, 2.05) is 17.7 Å². The van der Waals surface area contributed by atoms with Crippen molar-refractivity contribution in [2.24, 2.45) is 0 Å². The van der Waals surface area contributed by atoms with E-state index in [0.717, 1.165) is 11.3 Å². The number of thiophene rings is 1. The molecule has 0 aliphatic rings. The van der Waals surface area contributed by atoms with Crippen LogP contribution in [0.5, 0.6) is 0 Å². The summed E-state index contributed by atoms with van der Waals surface area (Å²) in [5.41, 5.74) is 1.02. The summed E-state index contributed by atoms with van der Waals surface area (Å²) in [6.45, 7) is 0. The van der Waals surface area contributed by atoms with Crippen molar-refractivity contribution >= 4 is 35.1 Å². The first-order chi connectivity index (χ1) is 6.24. The Morgan fingerprint density at radius 1 is 1.77 bits per heavy atom. The molecule has 0 spiro atoms. The van der Waals surface area contributed by atoms with E-state index in [9.17, 15) is 4.79 Å². The Kier molecular flexibility index (Phi) is 4.05. The molecule has 0 aliphatic carbocycles. The zero-order valence-corrected chi connectivity index (χ0v) is 8.82. The number of thioether (sulfide) groups is 1. The molecule has 1 heterocycles. The summed E-state index contributed by atoms with van der Waals surface area (Å²) >= 11 is 3.40.